The van der Waals surface area contributed by atoms with Crippen LogP contribution in [0.1, 0.15) is 48.5 Å². The molecule has 1 fully saturated rings. The highest BCUT2D eigenvalue weighted by Crippen LogP contribution is 2.32. The maximum Gasteiger partial charge on any atom is 0.128 e. The predicted molar refractivity (Wildman–Crippen MR) is 115 cm³/mol. The highest BCUT2D eigenvalue weighted by molar-refractivity contribution is 5.38. The van der Waals surface area contributed by atoms with Crippen molar-refractivity contribution in [3.05, 3.63) is 77.4 Å². The van der Waals surface area contributed by atoms with E-state index < -0.39 is 11.6 Å². The smallest absolute Gasteiger partial charge is 0.128 e. The summed E-state index contributed by atoms with van der Waals surface area (Å²) in [5, 5.41) is 8.33. The van der Waals surface area contributed by atoms with E-state index in [0.717, 1.165) is 69.1 Å². The summed E-state index contributed by atoms with van der Waals surface area (Å²) in [5.74, 6) is -1.16. The summed E-state index contributed by atoms with van der Waals surface area (Å²) in [6, 6.07) is 8.40. The molecule has 1 N–H and O–H groups in total. The second-order valence-corrected chi connectivity index (χ2v) is 8.61. The van der Waals surface area contributed by atoms with Crippen LogP contribution in [0.25, 0.3) is 5.69 Å². The van der Waals surface area contributed by atoms with E-state index in [2.05, 4.69) is 26.4 Å². The fraction of sp³-hybridized carbons (Fsp3) is 0.417. The number of benzene rings is 1. The minimum Gasteiger partial charge on any atom is -0.307 e. The van der Waals surface area contributed by atoms with Gasteiger partial charge in [-0.25, -0.2) is 13.5 Å². The van der Waals surface area contributed by atoms with Gasteiger partial charge in [0.15, 0.2) is 0 Å². The Labute approximate surface area is 181 Å². The van der Waals surface area contributed by atoms with Gasteiger partial charge >= 0.3 is 0 Å². The third-order valence-corrected chi connectivity index (χ3v) is 6.43. The molecule has 0 amide bonds. The van der Waals surface area contributed by atoms with Gasteiger partial charge in [0.05, 0.1) is 11.9 Å². The summed E-state index contributed by atoms with van der Waals surface area (Å²) in [5.41, 5.74) is 3.92. The Morgan fingerprint density at radius 2 is 1.84 bits per heavy atom. The van der Waals surface area contributed by atoms with Crippen molar-refractivity contribution in [1.82, 2.24) is 25.0 Å². The zero-order chi connectivity index (χ0) is 21.2. The lowest BCUT2D eigenvalue weighted by atomic mass is 9.91. The first-order valence-corrected chi connectivity index (χ1v) is 11.1. The first-order valence-electron chi connectivity index (χ1n) is 11.1. The van der Waals surface area contributed by atoms with Crippen LogP contribution in [0.3, 0.4) is 0 Å². The molecule has 0 radical (unpaired) electrons. The average Bonchev–Trinajstić information content (AvgIpc) is 3.21. The highest BCUT2D eigenvalue weighted by atomic mass is 19.1. The highest BCUT2D eigenvalue weighted by Gasteiger charge is 2.28. The molecule has 31 heavy (non-hydrogen) atoms. The Balaban J connectivity index is 1.24. The molecule has 7 heteroatoms. The molecule has 1 atom stereocenters. The summed E-state index contributed by atoms with van der Waals surface area (Å²) in [4.78, 5) is 6.69. The number of piperidine rings is 1. The van der Waals surface area contributed by atoms with E-state index in [1.807, 2.05) is 24.7 Å². The molecule has 1 aliphatic carbocycles. The van der Waals surface area contributed by atoms with Gasteiger partial charge in [-0.15, -0.1) is 0 Å². The molecule has 0 bridgehead atoms. The van der Waals surface area contributed by atoms with E-state index in [4.69, 9.17) is 0 Å². The molecule has 162 valence electrons. The van der Waals surface area contributed by atoms with Gasteiger partial charge < -0.3 is 5.32 Å². The van der Waals surface area contributed by atoms with Gasteiger partial charge in [-0.3, -0.25) is 9.88 Å². The third kappa shape index (κ3) is 4.52. The summed E-state index contributed by atoms with van der Waals surface area (Å²) in [7, 11) is 0. The van der Waals surface area contributed by atoms with E-state index >= 15 is 0 Å². The predicted octanol–water partition coefficient (Wildman–Crippen LogP) is 4.18. The number of hydrogen-bond acceptors (Lipinski definition) is 4. The van der Waals surface area contributed by atoms with Crippen LogP contribution in [0, 0.1) is 11.6 Å². The Morgan fingerprint density at radius 1 is 1.03 bits per heavy atom. The fourth-order valence-corrected chi connectivity index (χ4v) is 4.91. The molecule has 1 aromatic carbocycles. The summed E-state index contributed by atoms with van der Waals surface area (Å²) in [6.07, 6.45) is 10.8. The summed E-state index contributed by atoms with van der Waals surface area (Å²) >= 11 is 0. The number of nitrogens with one attached hydrogen (secondary N) is 1. The molecule has 5 nitrogen and oxygen atoms in total. The van der Waals surface area contributed by atoms with Crippen molar-refractivity contribution in [1.29, 1.82) is 0 Å². The van der Waals surface area contributed by atoms with E-state index in [1.165, 1.54) is 17.7 Å². The molecule has 2 aliphatic rings. The lowest BCUT2D eigenvalue weighted by molar-refractivity contribution is 0.181. The van der Waals surface area contributed by atoms with Gasteiger partial charge in [0.25, 0.3) is 0 Å². The number of pyridine rings is 1. The molecular weight excluding hydrogens is 396 g/mol. The van der Waals surface area contributed by atoms with Gasteiger partial charge in [0, 0.05) is 48.3 Å². The van der Waals surface area contributed by atoms with Crippen LogP contribution in [0.5, 0.6) is 0 Å². The number of hydrogen-bond donors (Lipinski definition) is 1. The molecule has 0 unspecified atom stereocenters. The number of rotatable bonds is 5. The maximum absolute atomic E-state index is 13.7. The molecule has 3 heterocycles. The van der Waals surface area contributed by atoms with E-state index in [9.17, 15) is 8.78 Å². The Hall–Kier alpha value is -2.64. The van der Waals surface area contributed by atoms with Gasteiger partial charge in [-0.05, 0) is 69.0 Å². The number of likely N-dealkylation sites (tertiary alicyclic amines) is 1. The molecule has 0 spiro atoms. The molecule has 1 aliphatic heterocycles. The topological polar surface area (TPSA) is 46.0 Å². The van der Waals surface area contributed by atoms with Crippen molar-refractivity contribution < 1.29 is 8.78 Å². The number of aromatic nitrogens is 3. The molecule has 0 saturated carbocycles. The zero-order valence-corrected chi connectivity index (χ0v) is 17.5. The average molecular weight is 424 g/mol. The zero-order valence-electron chi connectivity index (χ0n) is 17.5. The van der Waals surface area contributed by atoms with Crippen LogP contribution in [0.2, 0.25) is 0 Å². The van der Waals surface area contributed by atoms with Crippen molar-refractivity contribution >= 4 is 0 Å². The third-order valence-electron chi connectivity index (χ3n) is 6.43. The Morgan fingerprint density at radius 3 is 2.58 bits per heavy atom. The van der Waals surface area contributed by atoms with Crippen LogP contribution in [0.4, 0.5) is 8.78 Å². The summed E-state index contributed by atoms with van der Waals surface area (Å²) in [6.45, 7) is 3.08. The van der Waals surface area contributed by atoms with Crippen molar-refractivity contribution in [3.63, 3.8) is 0 Å². The lowest BCUT2D eigenvalue weighted by Gasteiger charge is -2.35. The van der Waals surface area contributed by atoms with Crippen LogP contribution in [-0.2, 0) is 13.0 Å². The minimum atomic E-state index is -0.581. The van der Waals surface area contributed by atoms with Crippen LogP contribution in [-0.4, -0.2) is 38.8 Å². The SMILES string of the molecule is Fc1cc(F)cc(-n2ncc3c2CCC[C@H]3NC2CCN(Cc3cccnc3)CC2)c1. The van der Waals surface area contributed by atoms with Gasteiger partial charge in [-0.1, -0.05) is 6.07 Å². The molecule has 1 saturated heterocycles. The van der Waals surface area contributed by atoms with Crippen LogP contribution < -0.4 is 5.32 Å². The second-order valence-electron chi connectivity index (χ2n) is 8.61. The Kier molecular flexibility index (Phi) is 5.78. The molecule has 3 aromatic rings. The van der Waals surface area contributed by atoms with Crippen molar-refractivity contribution in [2.24, 2.45) is 0 Å². The number of fused-ring (bicyclic) bond motifs is 1. The first-order chi connectivity index (χ1) is 15.2. The largest absolute Gasteiger partial charge is 0.307 e. The monoisotopic (exact) mass is 423 g/mol. The van der Waals surface area contributed by atoms with Gasteiger partial charge in [0.2, 0.25) is 0 Å². The number of nitrogens with zero attached hydrogens (tertiary/aromatic N) is 4. The molecule has 2 aromatic heterocycles. The standard InChI is InChI=1S/C24H27F2N5/c25-18-11-19(26)13-21(12-18)31-24-5-1-4-23(22(24)15-28-31)29-20-6-9-30(10-7-20)16-17-3-2-8-27-14-17/h2-3,8,11-15,20,23,29H,1,4-7,9-10,16H2/t23-/m1/s1. The van der Waals surface area contributed by atoms with Gasteiger partial charge in [-0.2, -0.15) is 5.10 Å². The lowest BCUT2D eigenvalue weighted by Crippen LogP contribution is -2.43. The van der Waals surface area contributed by atoms with Crippen LogP contribution >= 0.6 is 0 Å². The quantitative estimate of drug-likeness (QED) is 0.669. The molecule has 5 rings (SSSR count). The normalized spacial score (nSPS) is 20.0. The van der Waals surface area contributed by atoms with Crippen LogP contribution in [0.15, 0.2) is 48.9 Å². The second kappa shape index (κ2) is 8.85. The minimum absolute atomic E-state index is 0.241. The van der Waals surface area contributed by atoms with Crippen molar-refractivity contribution in [3.8, 4) is 5.69 Å². The van der Waals surface area contributed by atoms with Gasteiger partial charge in [0.1, 0.15) is 11.6 Å². The summed E-state index contributed by atoms with van der Waals surface area (Å²) < 4.78 is 29.1. The molecular formula is C24H27F2N5. The fourth-order valence-electron chi connectivity index (χ4n) is 4.91. The number of halogens is 2. The van der Waals surface area contributed by atoms with E-state index in [-0.39, 0.29) is 6.04 Å². The van der Waals surface area contributed by atoms with Crippen molar-refractivity contribution in [2.75, 3.05) is 13.1 Å². The Bertz CT molecular complexity index is 1010. The van der Waals surface area contributed by atoms with Crippen molar-refractivity contribution in [2.45, 2.75) is 50.7 Å². The van der Waals surface area contributed by atoms with E-state index in [1.54, 1.807) is 4.68 Å². The maximum atomic E-state index is 13.7. The van der Waals surface area contributed by atoms with E-state index in [0.29, 0.717) is 11.7 Å². The first kappa shape index (κ1) is 20.3.